The molecule has 0 atom stereocenters. The number of nitrogens with zero attached hydrogens (tertiary/aromatic N) is 1. The monoisotopic (exact) mass is 318 g/mol. The minimum Gasteiger partial charge on any atom is -0.484 e. The van der Waals surface area contributed by atoms with E-state index in [1.54, 1.807) is 12.1 Å². The fraction of sp³-hybridized carbons (Fsp3) is 0.0714. The van der Waals surface area contributed by atoms with Crippen LogP contribution >= 0.6 is 15.9 Å². The van der Waals surface area contributed by atoms with E-state index in [1.165, 1.54) is 0 Å². The number of nitrogen functional groups attached to an aromatic ring is 1. The first-order chi connectivity index (χ1) is 9.20. The highest BCUT2D eigenvalue weighted by Crippen LogP contribution is 2.21. The van der Waals surface area contributed by atoms with Gasteiger partial charge in [0, 0.05) is 10.2 Å². The molecule has 0 aliphatic heterocycles. The van der Waals surface area contributed by atoms with Crippen LogP contribution < -0.4 is 10.5 Å². The summed E-state index contributed by atoms with van der Waals surface area (Å²) in [4.78, 5) is 4.36. The van der Waals surface area contributed by atoms with Crippen LogP contribution in [-0.4, -0.2) is 4.98 Å². The van der Waals surface area contributed by atoms with Gasteiger partial charge in [-0.25, -0.2) is 4.98 Å². The SMILES string of the molecule is Nc1ccc(OCc2nc3cc(Br)ccc3o2)cc1. The molecule has 0 saturated heterocycles. The van der Waals surface area contributed by atoms with Crippen molar-refractivity contribution in [2.45, 2.75) is 6.61 Å². The summed E-state index contributed by atoms with van der Waals surface area (Å²) in [5.74, 6) is 1.28. The van der Waals surface area contributed by atoms with E-state index < -0.39 is 0 Å². The summed E-state index contributed by atoms with van der Waals surface area (Å²) in [6, 6.07) is 12.9. The number of rotatable bonds is 3. The van der Waals surface area contributed by atoms with Crippen LogP contribution in [0, 0.1) is 0 Å². The van der Waals surface area contributed by atoms with Crippen LogP contribution in [0.2, 0.25) is 0 Å². The largest absolute Gasteiger partial charge is 0.484 e. The number of fused-ring (bicyclic) bond motifs is 1. The average Bonchev–Trinajstić information content (AvgIpc) is 2.80. The van der Waals surface area contributed by atoms with Crippen LogP contribution in [0.4, 0.5) is 5.69 Å². The van der Waals surface area contributed by atoms with Crippen molar-refractivity contribution in [1.82, 2.24) is 4.98 Å². The van der Waals surface area contributed by atoms with Gasteiger partial charge in [-0.2, -0.15) is 0 Å². The molecule has 0 bridgehead atoms. The number of benzene rings is 2. The second-order valence-corrected chi connectivity index (χ2v) is 4.99. The number of nitrogens with two attached hydrogens (primary N) is 1. The summed E-state index contributed by atoms with van der Waals surface area (Å²) in [6.45, 7) is 0.288. The lowest BCUT2D eigenvalue weighted by molar-refractivity contribution is 0.267. The fourth-order valence-electron chi connectivity index (χ4n) is 1.72. The second kappa shape index (κ2) is 4.93. The van der Waals surface area contributed by atoms with E-state index in [2.05, 4.69) is 20.9 Å². The highest BCUT2D eigenvalue weighted by Gasteiger charge is 2.06. The summed E-state index contributed by atoms with van der Waals surface area (Å²) < 4.78 is 12.1. The molecule has 5 heteroatoms. The maximum Gasteiger partial charge on any atom is 0.233 e. The van der Waals surface area contributed by atoms with Gasteiger partial charge in [-0.1, -0.05) is 15.9 Å². The topological polar surface area (TPSA) is 61.3 Å². The van der Waals surface area contributed by atoms with Crippen molar-refractivity contribution >= 4 is 32.7 Å². The third-order valence-electron chi connectivity index (χ3n) is 2.64. The van der Waals surface area contributed by atoms with Crippen molar-refractivity contribution in [3.63, 3.8) is 0 Å². The molecule has 0 radical (unpaired) electrons. The zero-order valence-corrected chi connectivity index (χ0v) is 11.6. The summed E-state index contributed by atoms with van der Waals surface area (Å²) in [7, 11) is 0. The average molecular weight is 319 g/mol. The molecule has 0 aliphatic carbocycles. The molecule has 3 aromatic rings. The van der Waals surface area contributed by atoms with E-state index in [-0.39, 0.29) is 6.61 Å². The second-order valence-electron chi connectivity index (χ2n) is 4.08. The molecule has 3 rings (SSSR count). The molecule has 0 fully saturated rings. The maximum absolute atomic E-state index is 5.61. The van der Waals surface area contributed by atoms with Crippen LogP contribution in [0.3, 0.4) is 0 Å². The van der Waals surface area contributed by atoms with Crippen molar-refractivity contribution < 1.29 is 9.15 Å². The van der Waals surface area contributed by atoms with E-state index in [0.29, 0.717) is 11.6 Å². The van der Waals surface area contributed by atoms with Crippen LogP contribution in [0.5, 0.6) is 5.75 Å². The zero-order chi connectivity index (χ0) is 13.2. The van der Waals surface area contributed by atoms with Gasteiger partial charge in [-0.15, -0.1) is 0 Å². The highest BCUT2D eigenvalue weighted by atomic mass is 79.9. The molecule has 0 spiro atoms. The predicted octanol–water partition coefficient (Wildman–Crippen LogP) is 3.75. The van der Waals surface area contributed by atoms with Gasteiger partial charge in [0.25, 0.3) is 0 Å². The molecule has 0 amide bonds. The molecule has 1 heterocycles. The third-order valence-corrected chi connectivity index (χ3v) is 3.13. The highest BCUT2D eigenvalue weighted by molar-refractivity contribution is 9.10. The number of anilines is 1. The molecule has 1 aromatic heterocycles. The normalized spacial score (nSPS) is 10.8. The lowest BCUT2D eigenvalue weighted by Crippen LogP contribution is -1.95. The molecule has 0 unspecified atom stereocenters. The molecule has 2 N–H and O–H groups in total. The Morgan fingerprint density at radius 1 is 1.16 bits per heavy atom. The van der Waals surface area contributed by atoms with Gasteiger partial charge in [-0.05, 0) is 42.5 Å². The summed E-state index contributed by atoms with van der Waals surface area (Å²) in [6.07, 6.45) is 0. The van der Waals surface area contributed by atoms with E-state index in [0.717, 1.165) is 21.3 Å². The third kappa shape index (κ3) is 2.71. The Labute approximate surface area is 118 Å². The van der Waals surface area contributed by atoms with Crippen LogP contribution in [-0.2, 0) is 6.61 Å². The Hall–Kier alpha value is -2.01. The first-order valence-corrected chi connectivity index (χ1v) is 6.53. The molecule has 2 aromatic carbocycles. The molecular formula is C14H11BrN2O2. The van der Waals surface area contributed by atoms with E-state index in [1.807, 2.05) is 30.3 Å². The van der Waals surface area contributed by atoms with Gasteiger partial charge in [-0.3, -0.25) is 0 Å². The Kier molecular flexibility index (Phi) is 3.13. The number of oxazole rings is 1. The van der Waals surface area contributed by atoms with Crippen molar-refractivity contribution in [3.8, 4) is 5.75 Å². The number of ether oxygens (including phenoxy) is 1. The van der Waals surface area contributed by atoms with Crippen LogP contribution in [0.15, 0.2) is 51.4 Å². The van der Waals surface area contributed by atoms with Gasteiger partial charge in [0.05, 0.1) is 0 Å². The molecule has 4 nitrogen and oxygen atoms in total. The smallest absolute Gasteiger partial charge is 0.233 e. The number of hydrogen-bond acceptors (Lipinski definition) is 4. The summed E-state index contributed by atoms with van der Waals surface area (Å²) in [5, 5.41) is 0. The molecule has 0 aliphatic rings. The quantitative estimate of drug-likeness (QED) is 0.747. The Morgan fingerprint density at radius 3 is 2.74 bits per heavy atom. The van der Waals surface area contributed by atoms with Gasteiger partial charge in [0.1, 0.15) is 11.3 Å². The zero-order valence-electron chi connectivity index (χ0n) is 9.97. The molecule has 0 saturated carbocycles. The van der Waals surface area contributed by atoms with E-state index in [4.69, 9.17) is 14.9 Å². The Morgan fingerprint density at radius 2 is 1.95 bits per heavy atom. The lowest BCUT2D eigenvalue weighted by Gasteiger charge is -2.02. The van der Waals surface area contributed by atoms with Gasteiger partial charge < -0.3 is 14.9 Å². The molecule has 96 valence electrons. The van der Waals surface area contributed by atoms with Crippen molar-refractivity contribution in [2.75, 3.05) is 5.73 Å². The lowest BCUT2D eigenvalue weighted by atomic mass is 10.3. The van der Waals surface area contributed by atoms with Gasteiger partial charge >= 0.3 is 0 Å². The number of aromatic nitrogens is 1. The minimum absolute atomic E-state index is 0.288. The van der Waals surface area contributed by atoms with Crippen molar-refractivity contribution in [3.05, 3.63) is 52.8 Å². The first kappa shape index (κ1) is 12.0. The van der Waals surface area contributed by atoms with E-state index >= 15 is 0 Å². The maximum atomic E-state index is 5.61. The molecular weight excluding hydrogens is 308 g/mol. The van der Waals surface area contributed by atoms with Crippen LogP contribution in [0.1, 0.15) is 5.89 Å². The standard InChI is InChI=1S/C14H11BrN2O2/c15-9-1-6-13-12(7-9)17-14(19-13)8-18-11-4-2-10(16)3-5-11/h1-7H,8,16H2. The predicted molar refractivity (Wildman–Crippen MR) is 76.9 cm³/mol. The minimum atomic E-state index is 0.288. The van der Waals surface area contributed by atoms with E-state index in [9.17, 15) is 0 Å². The van der Waals surface area contributed by atoms with Crippen molar-refractivity contribution in [1.29, 1.82) is 0 Å². The first-order valence-electron chi connectivity index (χ1n) is 5.74. The summed E-state index contributed by atoms with van der Waals surface area (Å²) >= 11 is 3.40. The molecule has 19 heavy (non-hydrogen) atoms. The van der Waals surface area contributed by atoms with Gasteiger partial charge in [0.2, 0.25) is 5.89 Å². The Balaban J connectivity index is 1.76. The Bertz CT molecular complexity index is 707. The van der Waals surface area contributed by atoms with Crippen molar-refractivity contribution in [2.24, 2.45) is 0 Å². The van der Waals surface area contributed by atoms with Gasteiger partial charge in [0.15, 0.2) is 12.2 Å². The fourth-order valence-corrected chi connectivity index (χ4v) is 2.07. The number of halogens is 1. The summed E-state index contributed by atoms with van der Waals surface area (Å²) in [5.41, 5.74) is 7.88. The number of hydrogen-bond donors (Lipinski definition) is 1. The van der Waals surface area contributed by atoms with Crippen LogP contribution in [0.25, 0.3) is 11.1 Å².